The number of nitrogens with zero attached hydrogens (tertiary/aromatic N) is 3. The lowest BCUT2D eigenvalue weighted by Crippen LogP contribution is -2.31. The van der Waals surface area contributed by atoms with Crippen molar-refractivity contribution in [3.8, 4) is 5.95 Å². The van der Waals surface area contributed by atoms with E-state index in [0.717, 1.165) is 18.5 Å². The quantitative estimate of drug-likeness (QED) is 0.528. The van der Waals surface area contributed by atoms with Crippen molar-refractivity contribution >= 4 is 11.8 Å². The number of aryl methyl sites for hydroxylation is 2. The fraction of sp³-hybridized carbons (Fsp3) is 0.391. The molecule has 8 nitrogen and oxygen atoms in total. The highest BCUT2D eigenvalue weighted by Crippen LogP contribution is 2.25. The zero-order chi connectivity index (χ0) is 22.6. The SMILES string of the molecule is Cc1nc(-n2nc(C(C)(C)C)cc2NC(=O)NCCCc2ccccc2)[nH]c(=O)c1C. The van der Waals surface area contributed by atoms with Crippen LogP contribution >= 0.6 is 0 Å². The van der Waals surface area contributed by atoms with Crippen LogP contribution < -0.4 is 16.2 Å². The van der Waals surface area contributed by atoms with Gasteiger partial charge in [0.2, 0.25) is 5.95 Å². The second-order valence-corrected chi connectivity index (χ2v) is 8.65. The summed E-state index contributed by atoms with van der Waals surface area (Å²) in [6.07, 6.45) is 1.72. The van der Waals surface area contributed by atoms with E-state index in [4.69, 9.17) is 0 Å². The monoisotopic (exact) mass is 422 g/mol. The summed E-state index contributed by atoms with van der Waals surface area (Å²) in [5.74, 6) is 0.708. The number of amides is 2. The second-order valence-electron chi connectivity index (χ2n) is 8.65. The first-order chi connectivity index (χ1) is 14.6. The minimum Gasteiger partial charge on any atom is -0.338 e. The molecule has 164 valence electrons. The molecule has 2 amide bonds. The molecule has 0 saturated carbocycles. The number of aromatic nitrogens is 4. The summed E-state index contributed by atoms with van der Waals surface area (Å²) in [6.45, 7) is 10.1. The van der Waals surface area contributed by atoms with Gasteiger partial charge in [0.05, 0.1) is 5.69 Å². The van der Waals surface area contributed by atoms with Crippen molar-refractivity contribution in [2.24, 2.45) is 0 Å². The standard InChI is InChI=1S/C23H30N6O2/c1-15-16(2)25-21(27-20(15)30)29-19(14-18(28-29)23(3,4)5)26-22(31)24-13-9-12-17-10-7-6-8-11-17/h6-8,10-11,14H,9,12-13H2,1-5H3,(H2,24,26,31)(H,25,27,30). The van der Waals surface area contributed by atoms with Crippen molar-refractivity contribution < 1.29 is 4.79 Å². The Balaban J connectivity index is 1.74. The van der Waals surface area contributed by atoms with E-state index >= 15 is 0 Å². The Hall–Kier alpha value is -3.42. The summed E-state index contributed by atoms with van der Waals surface area (Å²) in [7, 11) is 0. The van der Waals surface area contributed by atoms with Crippen LogP contribution in [-0.4, -0.2) is 32.3 Å². The molecule has 2 aromatic heterocycles. The first-order valence-electron chi connectivity index (χ1n) is 10.4. The maximum atomic E-state index is 12.5. The van der Waals surface area contributed by atoms with Crippen LogP contribution in [0.15, 0.2) is 41.2 Å². The largest absolute Gasteiger partial charge is 0.338 e. The molecule has 0 bridgehead atoms. The predicted octanol–water partition coefficient (Wildman–Crippen LogP) is 3.62. The zero-order valence-electron chi connectivity index (χ0n) is 18.7. The van der Waals surface area contributed by atoms with Gasteiger partial charge in [-0.15, -0.1) is 0 Å². The van der Waals surface area contributed by atoms with Gasteiger partial charge in [0.25, 0.3) is 5.56 Å². The van der Waals surface area contributed by atoms with Crippen molar-refractivity contribution in [1.29, 1.82) is 0 Å². The van der Waals surface area contributed by atoms with Crippen LogP contribution in [0.4, 0.5) is 10.6 Å². The highest BCUT2D eigenvalue weighted by molar-refractivity contribution is 5.88. The molecule has 3 N–H and O–H groups in total. The summed E-state index contributed by atoms with van der Waals surface area (Å²) < 4.78 is 1.47. The molecular weight excluding hydrogens is 392 g/mol. The van der Waals surface area contributed by atoms with E-state index in [9.17, 15) is 9.59 Å². The number of carbonyl (C=O) groups excluding carboxylic acids is 1. The molecule has 0 unspecified atom stereocenters. The average molecular weight is 423 g/mol. The molecule has 0 spiro atoms. The third-order valence-corrected chi connectivity index (χ3v) is 5.07. The molecule has 0 aliphatic carbocycles. The van der Waals surface area contributed by atoms with Gasteiger partial charge in [-0.1, -0.05) is 51.1 Å². The Morgan fingerprint density at radius 3 is 2.52 bits per heavy atom. The van der Waals surface area contributed by atoms with E-state index in [0.29, 0.717) is 23.6 Å². The molecule has 3 aromatic rings. The van der Waals surface area contributed by atoms with Crippen molar-refractivity contribution in [2.45, 2.75) is 52.9 Å². The number of rotatable bonds is 6. The lowest BCUT2D eigenvalue weighted by molar-refractivity contribution is 0.252. The number of hydrogen-bond acceptors (Lipinski definition) is 4. The summed E-state index contributed by atoms with van der Waals surface area (Å²) in [5.41, 5.74) is 2.70. The van der Waals surface area contributed by atoms with Gasteiger partial charge in [-0.3, -0.25) is 15.1 Å². The molecule has 0 atom stereocenters. The Morgan fingerprint density at radius 2 is 1.87 bits per heavy atom. The number of aromatic amines is 1. The second kappa shape index (κ2) is 9.16. The fourth-order valence-corrected chi connectivity index (χ4v) is 3.03. The van der Waals surface area contributed by atoms with Gasteiger partial charge in [0.15, 0.2) is 0 Å². The van der Waals surface area contributed by atoms with Gasteiger partial charge < -0.3 is 5.32 Å². The lowest BCUT2D eigenvalue weighted by atomic mass is 9.92. The van der Waals surface area contributed by atoms with Crippen molar-refractivity contribution in [1.82, 2.24) is 25.1 Å². The van der Waals surface area contributed by atoms with Crippen molar-refractivity contribution in [3.05, 3.63) is 69.3 Å². The Labute approximate surface area is 182 Å². The van der Waals surface area contributed by atoms with Crippen molar-refractivity contribution in [2.75, 3.05) is 11.9 Å². The molecule has 31 heavy (non-hydrogen) atoms. The van der Waals surface area contributed by atoms with E-state index in [1.165, 1.54) is 10.2 Å². The average Bonchev–Trinajstić information content (AvgIpc) is 3.14. The highest BCUT2D eigenvalue weighted by atomic mass is 16.2. The maximum Gasteiger partial charge on any atom is 0.320 e. The number of hydrogen-bond donors (Lipinski definition) is 3. The van der Waals surface area contributed by atoms with Crippen LogP contribution in [0.3, 0.4) is 0 Å². The lowest BCUT2D eigenvalue weighted by Gasteiger charge is -2.14. The molecule has 1 aromatic carbocycles. The maximum absolute atomic E-state index is 12.5. The third-order valence-electron chi connectivity index (χ3n) is 5.07. The van der Waals surface area contributed by atoms with E-state index in [1.807, 2.05) is 39.0 Å². The summed E-state index contributed by atoms with van der Waals surface area (Å²) >= 11 is 0. The molecule has 0 aliphatic rings. The number of H-pyrrole nitrogens is 1. The topological polar surface area (TPSA) is 105 Å². The molecule has 0 saturated heterocycles. The van der Waals surface area contributed by atoms with Gasteiger partial charge in [-0.25, -0.2) is 9.78 Å². The summed E-state index contributed by atoms with van der Waals surface area (Å²) in [5, 5.41) is 10.3. The van der Waals surface area contributed by atoms with E-state index < -0.39 is 0 Å². The van der Waals surface area contributed by atoms with E-state index in [1.54, 1.807) is 19.9 Å². The van der Waals surface area contributed by atoms with Gasteiger partial charge in [0.1, 0.15) is 5.82 Å². The van der Waals surface area contributed by atoms with E-state index in [2.05, 4.69) is 37.8 Å². The van der Waals surface area contributed by atoms with Gasteiger partial charge in [0, 0.05) is 29.3 Å². The van der Waals surface area contributed by atoms with Crippen LogP contribution in [0.25, 0.3) is 5.95 Å². The first-order valence-corrected chi connectivity index (χ1v) is 10.4. The van der Waals surface area contributed by atoms with E-state index in [-0.39, 0.29) is 23.0 Å². The van der Waals surface area contributed by atoms with Crippen LogP contribution in [0.2, 0.25) is 0 Å². The molecule has 0 aliphatic heterocycles. The first kappa shape index (κ1) is 22.3. The van der Waals surface area contributed by atoms with Crippen LogP contribution in [-0.2, 0) is 11.8 Å². The van der Waals surface area contributed by atoms with Gasteiger partial charge in [-0.2, -0.15) is 9.78 Å². The molecular formula is C23H30N6O2. The Kier molecular flexibility index (Phi) is 6.58. The summed E-state index contributed by atoms with van der Waals surface area (Å²) in [6, 6.07) is 11.6. The number of benzene rings is 1. The number of anilines is 1. The van der Waals surface area contributed by atoms with Crippen LogP contribution in [0.1, 0.15) is 49.7 Å². The molecule has 0 radical (unpaired) electrons. The smallest absolute Gasteiger partial charge is 0.320 e. The number of carbonyl (C=O) groups is 1. The van der Waals surface area contributed by atoms with Crippen LogP contribution in [0.5, 0.6) is 0 Å². The third kappa shape index (κ3) is 5.59. The molecule has 0 fully saturated rings. The number of nitrogens with one attached hydrogen (secondary N) is 3. The van der Waals surface area contributed by atoms with Gasteiger partial charge in [-0.05, 0) is 32.3 Å². The zero-order valence-corrected chi connectivity index (χ0v) is 18.7. The Bertz CT molecular complexity index is 1110. The molecule has 8 heteroatoms. The predicted molar refractivity (Wildman–Crippen MR) is 122 cm³/mol. The van der Waals surface area contributed by atoms with Gasteiger partial charge >= 0.3 is 6.03 Å². The Morgan fingerprint density at radius 1 is 1.16 bits per heavy atom. The highest BCUT2D eigenvalue weighted by Gasteiger charge is 2.22. The fourth-order valence-electron chi connectivity index (χ4n) is 3.03. The summed E-state index contributed by atoms with van der Waals surface area (Å²) in [4.78, 5) is 31.9. The number of urea groups is 1. The van der Waals surface area contributed by atoms with Crippen molar-refractivity contribution in [3.63, 3.8) is 0 Å². The minimum atomic E-state index is -0.333. The molecule has 2 heterocycles. The molecule has 3 rings (SSSR count). The normalized spacial score (nSPS) is 11.4. The van der Waals surface area contributed by atoms with Crippen LogP contribution in [0, 0.1) is 13.8 Å². The minimum absolute atomic E-state index is 0.230.